The number of aromatic nitrogens is 2. The highest BCUT2D eigenvalue weighted by atomic mass is 16.5. The van der Waals surface area contributed by atoms with Gasteiger partial charge >= 0.3 is 5.97 Å². The molecule has 6 heteroatoms. The maximum atomic E-state index is 11.3. The molecule has 104 valence electrons. The van der Waals surface area contributed by atoms with Crippen molar-refractivity contribution in [1.29, 1.82) is 0 Å². The SMILES string of the molecule is COC(=O)c1ccc(CN(C)c2ccncc2N)nc1. The summed E-state index contributed by atoms with van der Waals surface area (Å²) in [5.41, 5.74) is 8.63. The van der Waals surface area contributed by atoms with E-state index in [4.69, 9.17) is 5.73 Å². The summed E-state index contributed by atoms with van der Waals surface area (Å²) in [4.78, 5) is 21.5. The number of pyridine rings is 2. The van der Waals surface area contributed by atoms with Crippen LogP contribution in [0.4, 0.5) is 11.4 Å². The van der Waals surface area contributed by atoms with Gasteiger partial charge in [0.05, 0.1) is 42.5 Å². The van der Waals surface area contributed by atoms with E-state index < -0.39 is 5.97 Å². The first-order valence-electron chi connectivity index (χ1n) is 6.05. The second-order valence-corrected chi connectivity index (χ2v) is 4.32. The zero-order chi connectivity index (χ0) is 14.5. The molecule has 0 amide bonds. The monoisotopic (exact) mass is 272 g/mol. The molecule has 2 heterocycles. The molecule has 0 fully saturated rings. The van der Waals surface area contributed by atoms with Crippen molar-refractivity contribution in [1.82, 2.24) is 9.97 Å². The summed E-state index contributed by atoms with van der Waals surface area (Å²) >= 11 is 0. The highest BCUT2D eigenvalue weighted by Crippen LogP contribution is 2.21. The van der Waals surface area contributed by atoms with Crippen molar-refractivity contribution in [2.45, 2.75) is 6.54 Å². The summed E-state index contributed by atoms with van der Waals surface area (Å²) in [6.07, 6.45) is 4.81. The standard InChI is InChI=1S/C14H16N4O2/c1-18(13-5-6-16-8-12(13)15)9-11-4-3-10(7-17-11)14(19)20-2/h3-8H,9,15H2,1-2H3. The van der Waals surface area contributed by atoms with Crippen LogP contribution in [-0.2, 0) is 11.3 Å². The van der Waals surface area contributed by atoms with Gasteiger partial charge in [-0.1, -0.05) is 0 Å². The fraction of sp³-hybridized carbons (Fsp3) is 0.214. The predicted molar refractivity (Wildman–Crippen MR) is 76.3 cm³/mol. The van der Waals surface area contributed by atoms with E-state index in [1.165, 1.54) is 13.3 Å². The smallest absolute Gasteiger partial charge is 0.339 e. The van der Waals surface area contributed by atoms with E-state index in [1.807, 2.05) is 18.0 Å². The Morgan fingerprint density at radius 1 is 1.35 bits per heavy atom. The molecule has 20 heavy (non-hydrogen) atoms. The Labute approximate surface area is 117 Å². The molecule has 0 spiro atoms. The third-order valence-electron chi connectivity index (χ3n) is 2.88. The number of hydrogen-bond donors (Lipinski definition) is 1. The van der Waals surface area contributed by atoms with Gasteiger partial charge in [-0.3, -0.25) is 9.97 Å². The summed E-state index contributed by atoms with van der Waals surface area (Å²) in [7, 11) is 3.26. The van der Waals surface area contributed by atoms with Gasteiger partial charge in [-0.25, -0.2) is 4.79 Å². The van der Waals surface area contributed by atoms with Crippen LogP contribution in [0.5, 0.6) is 0 Å². The van der Waals surface area contributed by atoms with Crippen LogP contribution in [0.3, 0.4) is 0 Å². The molecular weight excluding hydrogens is 256 g/mol. The first-order chi connectivity index (χ1) is 9.61. The summed E-state index contributed by atoms with van der Waals surface area (Å²) in [5, 5.41) is 0. The van der Waals surface area contributed by atoms with Crippen LogP contribution in [-0.4, -0.2) is 30.1 Å². The highest BCUT2D eigenvalue weighted by Gasteiger charge is 2.09. The second kappa shape index (κ2) is 6.01. The Morgan fingerprint density at radius 2 is 2.15 bits per heavy atom. The quantitative estimate of drug-likeness (QED) is 0.849. The van der Waals surface area contributed by atoms with Gasteiger partial charge in [0.1, 0.15) is 0 Å². The molecule has 2 rings (SSSR count). The third kappa shape index (κ3) is 3.03. The van der Waals surface area contributed by atoms with Gasteiger partial charge in [-0.15, -0.1) is 0 Å². The van der Waals surface area contributed by atoms with E-state index in [-0.39, 0.29) is 0 Å². The molecule has 0 saturated heterocycles. The van der Waals surface area contributed by atoms with Crippen molar-refractivity contribution in [3.63, 3.8) is 0 Å². The van der Waals surface area contributed by atoms with Crippen LogP contribution in [0, 0.1) is 0 Å². The molecule has 0 saturated carbocycles. The number of nitrogens with zero attached hydrogens (tertiary/aromatic N) is 3. The number of esters is 1. The van der Waals surface area contributed by atoms with E-state index >= 15 is 0 Å². The summed E-state index contributed by atoms with van der Waals surface area (Å²) in [5.74, 6) is -0.393. The lowest BCUT2D eigenvalue weighted by Crippen LogP contribution is -2.18. The maximum absolute atomic E-state index is 11.3. The topological polar surface area (TPSA) is 81.3 Å². The second-order valence-electron chi connectivity index (χ2n) is 4.32. The van der Waals surface area contributed by atoms with E-state index in [0.29, 0.717) is 17.8 Å². The lowest BCUT2D eigenvalue weighted by molar-refractivity contribution is 0.0600. The lowest BCUT2D eigenvalue weighted by atomic mass is 10.2. The first-order valence-corrected chi connectivity index (χ1v) is 6.05. The van der Waals surface area contributed by atoms with Crippen LogP contribution >= 0.6 is 0 Å². The van der Waals surface area contributed by atoms with Gasteiger partial charge in [-0.05, 0) is 18.2 Å². The van der Waals surface area contributed by atoms with E-state index in [2.05, 4.69) is 14.7 Å². The average Bonchev–Trinajstić information content (AvgIpc) is 2.47. The number of carbonyl (C=O) groups excluding carboxylic acids is 1. The summed E-state index contributed by atoms with van der Waals surface area (Å²) in [6.45, 7) is 0.579. The average molecular weight is 272 g/mol. The van der Waals surface area contributed by atoms with Gasteiger partial charge in [0.15, 0.2) is 0 Å². The van der Waals surface area contributed by atoms with Gasteiger partial charge in [0.2, 0.25) is 0 Å². The molecule has 0 radical (unpaired) electrons. The van der Waals surface area contributed by atoms with Gasteiger partial charge in [0, 0.05) is 19.4 Å². The number of carbonyl (C=O) groups is 1. The summed E-state index contributed by atoms with van der Waals surface area (Å²) in [6, 6.07) is 5.33. The highest BCUT2D eigenvalue weighted by molar-refractivity contribution is 5.88. The Hall–Kier alpha value is -2.63. The molecular formula is C14H16N4O2. The minimum absolute atomic E-state index is 0.393. The van der Waals surface area contributed by atoms with Crippen molar-refractivity contribution < 1.29 is 9.53 Å². The number of hydrogen-bond acceptors (Lipinski definition) is 6. The molecule has 0 atom stereocenters. The van der Waals surface area contributed by atoms with Crippen LogP contribution < -0.4 is 10.6 Å². The van der Waals surface area contributed by atoms with Gasteiger partial charge < -0.3 is 15.4 Å². The zero-order valence-corrected chi connectivity index (χ0v) is 11.4. The molecule has 2 aromatic heterocycles. The number of nitrogens with two attached hydrogens (primary N) is 1. The fourth-order valence-corrected chi connectivity index (χ4v) is 1.83. The van der Waals surface area contributed by atoms with E-state index in [0.717, 1.165) is 11.4 Å². The number of rotatable bonds is 4. The molecule has 0 unspecified atom stereocenters. The number of methoxy groups -OCH3 is 1. The lowest BCUT2D eigenvalue weighted by Gasteiger charge is -2.20. The maximum Gasteiger partial charge on any atom is 0.339 e. The molecule has 0 bridgehead atoms. The molecule has 0 aliphatic rings. The number of ether oxygens (including phenoxy) is 1. The van der Waals surface area contributed by atoms with Crippen molar-refractivity contribution in [2.24, 2.45) is 0 Å². The van der Waals surface area contributed by atoms with Crippen molar-refractivity contribution >= 4 is 17.3 Å². The molecule has 2 N–H and O–H groups in total. The van der Waals surface area contributed by atoms with Crippen molar-refractivity contribution in [3.05, 3.63) is 48.0 Å². The molecule has 6 nitrogen and oxygen atoms in total. The zero-order valence-electron chi connectivity index (χ0n) is 11.4. The minimum atomic E-state index is -0.393. The molecule has 0 aliphatic carbocycles. The molecule has 2 aromatic rings. The third-order valence-corrected chi connectivity index (χ3v) is 2.88. The van der Waals surface area contributed by atoms with E-state index in [1.54, 1.807) is 24.5 Å². The Balaban J connectivity index is 2.10. The minimum Gasteiger partial charge on any atom is -0.465 e. The van der Waals surface area contributed by atoms with Crippen LogP contribution in [0.1, 0.15) is 16.1 Å². The van der Waals surface area contributed by atoms with E-state index in [9.17, 15) is 4.79 Å². The predicted octanol–water partition coefficient (Wildman–Crippen LogP) is 1.48. The summed E-state index contributed by atoms with van der Waals surface area (Å²) < 4.78 is 4.63. The normalized spacial score (nSPS) is 10.1. The van der Waals surface area contributed by atoms with Gasteiger partial charge in [0.25, 0.3) is 0 Å². The van der Waals surface area contributed by atoms with Crippen LogP contribution in [0.25, 0.3) is 0 Å². The van der Waals surface area contributed by atoms with Crippen LogP contribution in [0.15, 0.2) is 36.8 Å². The Kier molecular flexibility index (Phi) is 4.14. The first kappa shape index (κ1) is 13.8. The molecule has 0 aliphatic heterocycles. The fourth-order valence-electron chi connectivity index (χ4n) is 1.83. The van der Waals surface area contributed by atoms with Crippen molar-refractivity contribution in [2.75, 3.05) is 24.8 Å². The van der Waals surface area contributed by atoms with Crippen molar-refractivity contribution in [3.8, 4) is 0 Å². The largest absolute Gasteiger partial charge is 0.465 e. The molecule has 0 aromatic carbocycles. The number of nitrogen functional groups attached to an aromatic ring is 1. The van der Waals surface area contributed by atoms with Gasteiger partial charge in [-0.2, -0.15) is 0 Å². The number of anilines is 2. The van der Waals surface area contributed by atoms with Crippen LogP contribution in [0.2, 0.25) is 0 Å². The Bertz CT molecular complexity index is 598. The Morgan fingerprint density at radius 3 is 2.75 bits per heavy atom.